The van der Waals surface area contributed by atoms with E-state index < -0.39 is 0 Å². The van der Waals surface area contributed by atoms with Gasteiger partial charge in [-0.15, -0.1) is 0 Å². The molecule has 0 aliphatic carbocycles. The van der Waals surface area contributed by atoms with Crippen molar-refractivity contribution in [2.45, 2.75) is 10.8 Å². The summed E-state index contributed by atoms with van der Waals surface area (Å²) in [5.74, 6) is 2.09. The van der Waals surface area contributed by atoms with Crippen molar-refractivity contribution < 1.29 is 9.53 Å². The Labute approximate surface area is 97.5 Å². The first-order valence-corrected chi connectivity index (χ1v) is 6.62. The van der Waals surface area contributed by atoms with Crippen molar-refractivity contribution in [1.82, 2.24) is 5.32 Å². The van der Waals surface area contributed by atoms with Crippen LogP contribution in [0.5, 0.6) is 0 Å². The van der Waals surface area contributed by atoms with Crippen LogP contribution in [-0.4, -0.2) is 41.6 Å². The zero-order valence-corrected chi connectivity index (χ0v) is 11.0. The summed E-state index contributed by atoms with van der Waals surface area (Å²) in [4.78, 5) is 11.0. The van der Waals surface area contributed by atoms with Gasteiger partial charge in [-0.2, -0.15) is 11.8 Å². The number of halogens is 1. The molecule has 0 aliphatic rings. The Hall–Kier alpha value is 0.510. The van der Waals surface area contributed by atoms with E-state index in [2.05, 4.69) is 39.6 Å². The smallest absolute Gasteiger partial charge is 0.319 e. The summed E-state index contributed by atoms with van der Waals surface area (Å²) in [7, 11) is 1.42. The molecule has 0 aliphatic heterocycles. The van der Waals surface area contributed by atoms with Gasteiger partial charge in [0, 0.05) is 18.8 Å². The third-order valence-electron chi connectivity index (χ3n) is 1.41. The van der Waals surface area contributed by atoms with Gasteiger partial charge < -0.3 is 10.1 Å². The Morgan fingerprint density at radius 1 is 1.69 bits per heavy atom. The maximum Gasteiger partial charge on any atom is 0.319 e. The largest absolute Gasteiger partial charge is 0.468 e. The average molecular weight is 317 g/mol. The molecule has 5 heteroatoms. The molecule has 78 valence electrons. The number of thioether (sulfide) groups is 1. The Balaban J connectivity index is 3.26. The van der Waals surface area contributed by atoms with E-state index in [1.165, 1.54) is 7.11 Å². The number of hydrogen-bond donors (Lipinski definition) is 1. The van der Waals surface area contributed by atoms with Crippen LogP contribution in [0.3, 0.4) is 0 Å². The van der Waals surface area contributed by atoms with E-state index in [0.29, 0.717) is 6.54 Å². The lowest BCUT2D eigenvalue weighted by atomic mass is 10.4. The molecule has 0 saturated heterocycles. The van der Waals surface area contributed by atoms with E-state index in [-0.39, 0.29) is 9.89 Å². The highest BCUT2D eigenvalue weighted by atomic mass is 127. The first-order valence-electron chi connectivity index (χ1n) is 4.22. The highest BCUT2D eigenvalue weighted by Crippen LogP contribution is 2.01. The second-order valence-electron chi connectivity index (χ2n) is 2.39. The number of ether oxygens (including phenoxy) is 1. The lowest BCUT2D eigenvalue weighted by Crippen LogP contribution is -2.30. The van der Waals surface area contributed by atoms with Crippen LogP contribution in [0, 0.1) is 0 Å². The van der Waals surface area contributed by atoms with E-state index in [1.54, 1.807) is 0 Å². The van der Waals surface area contributed by atoms with Crippen molar-refractivity contribution in [2.24, 2.45) is 0 Å². The standard InChI is InChI=1S/C8H16INO2S/c1-3-13-5-4-10-6-7(9)8(11)12-2/h7,10H,3-6H2,1-2H3. The van der Waals surface area contributed by atoms with Gasteiger partial charge in [0.05, 0.1) is 7.11 Å². The van der Waals surface area contributed by atoms with Gasteiger partial charge in [-0.3, -0.25) is 4.79 Å². The number of rotatable bonds is 7. The molecule has 0 heterocycles. The number of hydrogen-bond acceptors (Lipinski definition) is 4. The third-order valence-corrected chi connectivity index (χ3v) is 3.26. The van der Waals surface area contributed by atoms with Gasteiger partial charge in [-0.25, -0.2) is 0 Å². The number of methoxy groups -OCH3 is 1. The maximum atomic E-state index is 11.0. The second kappa shape index (κ2) is 9.08. The zero-order chi connectivity index (χ0) is 10.1. The third kappa shape index (κ3) is 7.57. The Morgan fingerprint density at radius 3 is 2.92 bits per heavy atom. The van der Waals surface area contributed by atoms with Gasteiger partial charge in [-0.05, 0) is 5.75 Å². The molecule has 0 aromatic rings. The molecule has 0 bridgehead atoms. The molecule has 0 fully saturated rings. The summed E-state index contributed by atoms with van der Waals surface area (Å²) >= 11 is 3.98. The number of alkyl halides is 1. The number of nitrogens with one attached hydrogen (secondary N) is 1. The summed E-state index contributed by atoms with van der Waals surface area (Å²) in [6.45, 7) is 3.78. The van der Waals surface area contributed by atoms with Crippen molar-refractivity contribution >= 4 is 40.3 Å². The second-order valence-corrected chi connectivity index (χ2v) is 5.29. The summed E-state index contributed by atoms with van der Waals surface area (Å²) in [6, 6.07) is 0. The van der Waals surface area contributed by atoms with Crippen molar-refractivity contribution in [3.05, 3.63) is 0 Å². The minimum absolute atomic E-state index is 0.0748. The van der Waals surface area contributed by atoms with E-state index in [9.17, 15) is 4.79 Å². The average Bonchev–Trinajstić information content (AvgIpc) is 2.16. The molecule has 0 spiro atoms. The fraction of sp³-hybridized carbons (Fsp3) is 0.875. The molecular formula is C8H16INO2S. The normalized spacial score (nSPS) is 12.5. The molecule has 3 nitrogen and oxygen atoms in total. The van der Waals surface area contributed by atoms with Crippen LogP contribution in [0.25, 0.3) is 0 Å². The topological polar surface area (TPSA) is 38.3 Å². The lowest BCUT2D eigenvalue weighted by Gasteiger charge is -2.08. The highest BCUT2D eigenvalue weighted by molar-refractivity contribution is 14.1. The highest BCUT2D eigenvalue weighted by Gasteiger charge is 2.13. The van der Waals surface area contributed by atoms with Crippen LogP contribution in [0.15, 0.2) is 0 Å². The molecule has 0 radical (unpaired) electrons. The molecule has 1 unspecified atom stereocenters. The van der Waals surface area contributed by atoms with Crippen LogP contribution in [0.2, 0.25) is 0 Å². The lowest BCUT2D eigenvalue weighted by molar-refractivity contribution is -0.139. The van der Waals surface area contributed by atoms with Crippen LogP contribution < -0.4 is 5.32 Å². The van der Waals surface area contributed by atoms with Crippen LogP contribution >= 0.6 is 34.4 Å². The summed E-state index contributed by atoms with van der Waals surface area (Å²) in [5.41, 5.74) is 0. The molecule has 0 aromatic heterocycles. The molecule has 0 saturated carbocycles. The number of carbonyl (C=O) groups excluding carboxylic acids is 1. The molecule has 0 rings (SSSR count). The van der Waals surface area contributed by atoms with Crippen molar-refractivity contribution in [1.29, 1.82) is 0 Å². The van der Waals surface area contributed by atoms with Crippen molar-refractivity contribution in [3.63, 3.8) is 0 Å². The van der Waals surface area contributed by atoms with Crippen LogP contribution in [0.4, 0.5) is 0 Å². The molecule has 0 amide bonds. The van der Waals surface area contributed by atoms with Gasteiger partial charge in [0.2, 0.25) is 0 Å². The van der Waals surface area contributed by atoms with Gasteiger partial charge in [-0.1, -0.05) is 29.5 Å². The maximum absolute atomic E-state index is 11.0. The summed E-state index contributed by atoms with van der Waals surface area (Å²) in [6.07, 6.45) is 0. The molecule has 0 aromatic carbocycles. The molecule has 1 N–H and O–H groups in total. The Bertz CT molecular complexity index is 146. The van der Waals surface area contributed by atoms with Gasteiger partial charge in [0.1, 0.15) is 3.92 Å². The minimum Gasteiger partial charge on any atom is -0.468 e. The van der Waals surface area contributed by atoms with Crippen molar-refractivity contribution in [3.8, 4) is 0 Å². The molecule has 1 atom stereocenters. The fourth-order valence-electron chi connectivity index (χ4n) is 0.729. The quantitative estimate of drug-likeness (QED) is 0.333. The van der Waals surface area contributed by atoms with Crippen molar-refractivity contribution in [2.75, 3.05) is 31.7 Å². The molecular weight excluding hydrogens is 301 g/mol. The van der Waals surface area contributed by atoms with Crippen LogP contribution in [-0.2, 0) is 9.53 Å². The van der Waals surface area contributed by atoms with E-state index in [1.807, 2.05) is 11.8 Å². The van der Waals surface area contributed by atoms with Crippen LogP contribution in [0.1, 0.15) is 6.92 Å². The molecule has 13 heavy (non-hydrogen) atoms. The van der Waals surface area contributed by atoms with E-state index in [4.69, 9.17) is 0 Å². The monoisotopic (exact) mass is 317 g/mol. The first-order chi connectivity index (χ1) is 6.22. The number of carbonyl (C=O) groups is 1. The summed E-state index contributed by atoms with van der Waals surface area (Å²) < 4.78 is 4.52. The van der Waals surface area contributed by atoms with E-state index in [0.717, 1.165) is 18.1 Å². The van der Waals surface area contributed by atoms with Gasteiger partial charge in [0.15, 0.2) is 0 Å². The summed E-state index contributed by atoms with van der Waals surface area (Å²) in [5, 5.41) is 3.21. The predicted molar refractivity (Wildman–Crippen MR) is 65.7 cm³/mol. The predicted octanol–water partition coefficient (Wildman–Crippen LogP) is 1.31. The number of esters is 1. The Kier molecular flexibility index (Phi) is 9.44. The Morgan fingerprint density at radius 2 is 2.38 bits per heavy atom. The van der Waals surface area contributed by atoms with Gasteiger partial charge in [0.25, 0.3) is 0 Å². The SMILES string of the molecule is CCSCCNCC(I)C(=O)OC. The van der Waals surface area contributed by atoms with Gasteiger partial charge >= 0.3 is 5.97 Å². The van der Waals surface area contributed by atoms with E-state index >= 15 is 0 Å². The fourth-order valence-corrected chi connectivity index (χ4v) is 1.87. The first kappa shape index (κ1) is 13.5. The zero-order valence-electron chi connectivity index (χ0n) is 8.01. The minimum atomic E-state index is -0.156.